The smallest absolute Gasteiger partial charge is 0.338 e. The van der Waals surface area contributed by atoms with Gasteiger partial charge in [0.15, 0.2) is 11.5 Å². The third-order valence-corrected chi connectivity index (χ3v) is 8.16. The van der Waals surface area contributed by atoms with E-state index in [1.54, 1.807) is 4.68 Å². The third kappa shape index (κ3) is 7.17. The van der Waals surface area contributed by atoms with Crippen LogP contribution in [-0.2, 0) is 21.9 Å². The van der Waals surface area contributed by atoms with Crippen LogP contribution in [0, 0.1) is 6.92 Å². The van der Waals surface area contributed by atoms with E-state index in [1.807, 2.05) is 63.2 Å². The average molecular weight is 619 g/mol. The number of esters is 1. The number of aromatic nitrogens is 3. The lowest BCUT2D eigenvalue weighted by Gasteiger charge is -2.28. The molecule has 4 aromatic rings. The molecule has 5 rings (SSSR count). The molecule has 1 aliphatic rings. The lowest BCUT2D eigenvalue weighted by Crippen LogP contribution is -2.29. The summed E-state index contributed by atoms with van der Waals surface area (Å²) in [6, 6.07) is 21.1. The molecule has 3 aromatic carbocycles. The Bertz CT molecular complexity index is 1620. The van der Waals surface area contributed by atoms with Crippen LogP contribution in [0.2, 0.25) is 5.02 Å². The maximum absolute atomic E-state index is 13.4. The van der Waals surface area contributed by atoms with E-state index in [4.69, 9.17) is 35.9 Å². The number of anilines is 1. The Kier molecular flexibility index (Phi) is 9.94. The van der Waals surface area contributed by atoms with Gasteiger partial charge < -0.3 is 19.5 Å². The van der Waals surface area contributed by atoms with Crippen molar-refractivity contribution in [3.05, 3.63) is 105 Å². The van der Waals surface area contributed by atoms with Crippen molar-refractivity contribution in [1.82, 2.24) is 14.8 Å². The number of nitrogens with zero attached hydrogens (tertiary/aromatic N) is 3. The standard InChI is InChI=1S/C33H35ClN4O4S/c1-5-17-41-31(39)29-22(4)35-32-36-33(43-20-25-9-7-8-10-26(25)34)37-38(32)30(29)24-15-16-27(28(18-24)40-6-2)42-19-23-13-11-21(3)12-14-23/h7-16,18,30H,5-6,17,19-20H2,1-4H3,(H,35,36,37). The number of carbonyl (C=O) groups excluding carboxylic acids is 1. The minimum absolute atomic E-state index is 0.321. The van der Waals surface area contributed by atoms with Gasteiger partial charge in [0.1, 0.15) is 12.6 Å². The second kappa shape index (κ2) is 14.0. The number of carbonyl (C=O) groups is 1. The molecule has 1 N–H and O–H groups in total. The molecule has 1 aromatic heterocycles. The zero-order valence-corrected chi connectivity index (χ0v) is 26.3. The number of thioether (sulfide) groups is 1. The van der Waals surface area contributed by atoms with Crippen LogP contribution in [-0.4, -0.2) is 33.9 Å². The molecule has 0 radical (unpaired) electrons. The van der Waals surface area contributed by atoms with Crippen molar-refractivity contribution < 1.29 is 19.0 Å². The number of fused-ring (bicyclic) bond motifs is 1. The first-order valence-corrected chi connectivity index (χ1v) is 15.7. The molecule has 0 spiro atoms. The summed E-state index contributed by atoms with van der Waals surface area (Å²) in [5.41, 5.74) is 5.16. The topological polar surface area (TPSA) is 87.5 Å². The molecule has 224 valence electrons. The molecule has 1 aliphatic heterocycles. The molecule has 0 saturated heterocycles. The van der Waals surface area contributed by atoms with Gasteiger partial charge in [-0.1, -0.05) is 84.4 Å². The van der Waals surface area contributed by atoms with Crippen molar-refractivity contribution in [3.8, 4) is 11.5 Å². The number of nitrogens with one attached hydrogen (secondary N) is 1. The maximum atomic E-state index is 13.4. The van der Waals surface area contributed by atoms with E-state index in [9.17, 15) is 4.79 Å². The molecule has 0 aliphatic carbocycles. The number of hydrogen-bond acceptors (Lipinski definition) is 8. The van der Waals surface area contributed by atoms with Crippen LogP contribution in [0.15, 0.2) is 83.2 Å². The van der Waals surface area contributed by atoms with Crippen LogP contribution in [0.25, 0.3) is 0 Å². The van der Waals surface area contributed by atoms with E-state index in [0.717, 1.165) is 23.1 Å². The first-order chi connectivity index (χ1) is 20.9. The molecule has 0 bridgehead atoms. The van der Waals surface area contributed by atoms with Crippen LogP contribution in [0.5, 0.6) is 11.5 Å². The van der Waals surface area contributed by atoms with Gasteiger partial charge in [0.2, 0.25) is 11.1 Å². The summed E-state index contributed by atoms with van der Waals surface area (Å²) in [5.74, 6) is 1.94. The summed E-state index contributed by atoms with van der Waals surface area (Å²) in [6.45, 7) is 8.98. The predicted octanol–water partition coefficient (Wildman–Crippen LogP) is 7.75. The number of halogens is 1. The Morgan fingerprint density at radius 2 is 1.81 bits per heavy atom. The van der Waals surface area contributed by atoms with E-state index in [1.165, 1.54) is 17.3 Å². The molecular weight excluding hydrogens is 584 g/mol. The zero-order valence-electron chi connectivity index (χ0n) is 24.7. The summed E-state index contributed by atoms with van der Waals surface area (Å²) in [6.07, 6.45) is 0.717. The summed E-state index contributed by atoms with van der Waals surface area (Å²) >= 11 is 7.85. The van der Waals surface area contributed by atoms with Crippen LogP contribution < -0.4 is 14.8 Å². The van der Waals surface area contributed by atoms with Crippen molar-refractivity contribution in [2.24, 2.45) is 0 Å². The minimum Gasteiger partial charge on any atom is -0.490 e. The van der Waals surface area contributed by atoms with Gasteiger partial charge in [0.05, 0.1) is 18.8 Å². The molecule has 2 heterocycles. The Labute approximate surface area is 261 Å². The van der Waals surface area contributed by atoms with Gasteiger partial charge in [-0.25, -0.2) is 9.48 Å². The van der Waals surface area contributed by atoms with E-state index in [2.05, 4.69) is 36.5 Å². The second-order valence-corrected chi connectivity index (χ2v) is 11.5. The predicted molar refractivity (Wildman–Crippen MR) is 170 cm³/mol. The first-order valence-electron chi connectivity index (χ1n) is 14.3. The van der Waals surface area contributed by atoms with Crippen LogP contribution in [0.1, 0.15) is 55.5 Å². The van der Waals surface area contributed by atoms with Gasteiger partial charge in [0.25, 0.3) is 0 Å². The molecule has 0 amide bonds. The van der Waals surface area contributed by atoms with Gasteiger partial charge in [-0.15, -0.1) is 5.10 Å². The Balaban J connectivity index is 1.48. The molecule has 10 heteroatoms. The molecule has 0 fully saturated rings. The largest absolute Gasteiger partial charge is 0.490 e. The maximum Gasteiger partial charge on any atom is 0.338 e. The number of ether oxygens (including phenoxy) is 3. The zero-order chi connectivity index (χ0) is 30.3. The summed E-state index contributed by atoms with van der Waals surface area (Å²) < 4.78 is 19.5. The first kappa shape index (κ1) is 30.5. The van der Waals surface area contributed by atoms with Crippen LogP contribution >= 0.6 is 23.4 Å². The highest BCUT2D eigenvalue weighted by molar-refractivity contribution is 7.98. The highest BCUT2D eigenvalue weighted by Crippen LogP contribution is 2.40. The minimum atomic E-state index is -0.590. The number of rotatable bonds is 12. The van der Waals surface area contributed by atoms with E-state index in [0.29, 0.717) is 64.5 Å². The number of benzene rings is 3. The lowest BCUT2D eigenvalue weighted by molar-refractivity contribution is -0.139. The third-order valence-electron chi connectivity index (χ3n) is 6.90. The fourth-order valence-electron chi connectivity index (χ4n) is 4.72. The van der Waals surface area contributed by atoms with Crippen molar-refractivity contribution >= 4 is 35.3 Å². The van der Waals surface area contributed by atoms with Gasteiger partial charge in [-0.3, -0.25) is 0 Å². The lowest BCUT2D eigenvalue weighted by atomic mass is 9.95. The number of allylic oxidation sites excluding steroid dienone is 1. The summed E-state index contributed by atoms with van der Waals surface area (Å²) in [5, 5.41) is 9.35. The summed E-state index contributed by atoms with van der Waals surface area (Å²) in [4.78, 5) is 18.2. The molecule has 43 heavy (non-hydrogen) atoms. The average Bonchev–Trinajstić information content (AvgIpc) is 3.41. The van der Waals surface area contributed by atoms with Gasteiger partial charge in [-0.2, -0.15) is 4.98 Å². The quantitative estimate of drug-likeness (QED) is 0.127. The van der Waals surface area contributed by atoms with Crippen LogP contribution in [0.3, 0.4) is 0 Å². The fraction of sp³-hybridized carbons (Fsp3) is 0.303. The molecule has 1 unspecified atom stereocenters. The van der Waals surface area contributed by atoms with Crippen molar-refractivity contribution in [3.63, 3.8) is 0 Å². The number of aryl methyl sites for hydroxylation is 1. The van der Waals surface area contributed by atoms with Crippen molar-refractivity contribution in [2.45, 2.75) is 57.7 Å². The second-order valence-electron chi connectivity index (χ2n) is 10.2. The van der Waals surface area contributed by atoms with Gasteiger partial charge in [-0.05, 0) is 62.1 Å². The molecule has 0 saturated carbocycles. The Hall–Kier alpha value is -3.95. The van der Waals surface area contributed by atoms with Crippen molar-refractivity contribution in [2.75, 3.05) is 18.5 Å². The monoisotopic (exact) mass is 618 g/mol. The van der Waals surface area contributed by atoms with E-state index >= 15 is 0 Å². The SMILES string of the molecule is CCCOC(=O)C1=C(C)Nc2nc(SCc3ccccc3Cl)nn2C1c1ccc(OCc2ccc(C)cc2)c(OCC)c1. The molecule has 8 nitrogen and oxygen atoms in total. The van der Waals surface area contributed by atoms with Crippen molar-refractivity contribution in [1.29, 1.82) is 0 Å². The highest BCUT2D eigenvalue weighted by Gasteiger charge is 2.36. The Morgan fingerprint density at radius 1 is 1.02 bits per heavy atom. The molecular formula is C33H35ClN4O4S. The Morgan fingerprint density at radius 3 is 2.56 bits per heavy atom. The molecule has 1 atom stereocenters. The number of hydrogen-bond donors (Lipinski definition) is 1. The van der Waals surface area contributed by atoms with Gasteiger partial charge in [0, 0.05) is 16.5 Å². The van der Waals surface area contributed by atoms with E-state index in [-0.39, 0.29) is 0 Å². The summed E-state index contributed by atoms with van der Waals surface area (Å²) in [7, 11) is 0. The normalized spacial score (nSPS) is 14.2. The van der Waals surface area contributed by atoms with Gasteiger partial charge >= 0.3 is 5.97 Å². The van der Waals surface area contributed by atoms with Crippen LogP contribution in [0.4, 0.5) is 5.95 Å². The fourth-order valence-corrected chi connectivity index (χ4v) is 5.84. The highest BCUT2D eigenvalue weighted by atomic mass is 35.5. The van der Waals surface area contributed by atoms with E-state index < -0.39 is 12.0 Å².